The highest BCUT2D eigenvalue weighted by molar-refractivity contribution is 5.77. The van der Waals surface area contributed by atoms with Gasteiger partial charge in [0.25, 0.3) is 0 Å². The number of pyridine rings is 1. The quantitative estimate of drug-likeness (QED) is 0.757. The molecule has 0 saturated carbocycles. The van der Waals surface area contributed by atoms with Crippen LogP contribution < -0.4 is 15.4 Å². The molecule has 18 heavy (non-hydrogen) atoms. The van der Waals surface area contributed by atoms with Crippen molar-refractivity contribution in [3.05, 3.63) is 23.9 Å². The van der Waals surface area contributed by atoms with E-state index >= 15 is 0 Å². The lowest BCUT2D eigenvalue weighted by atomic mass is 10.2. The lowest BCUT2D eigenvalue weighted by Gasteiger charge is -2.09. The Bertz CT molecular complexity index is 380. The zero-order chi connectivity index (χ0) is 13.4. The smallest absolute Gasteiger partial charge is 0.233 e. The number of nitrogens with zero attached hydrogens (tertiary/aromatic N) is 1. The summed E-state index contributed by atoms with van der Waals surface area (Å²) in [7, 11) is 1.58. The highest BCUT2D eigenvalue weighted by Crippen LogP contribution is 2.07. The van der Waals surface area contributed by atoms with Gasteiger partial charge < -0.3 is 15.4 Å². The number of aromatic nitrogens is 1. The van der Waals surface area contributed by atoms with E-state index in [9.17, 15) is 4.79 Å². The SMILES string of the molecule is COc1cc(CNCC(=O)NCC(C)C)ccn1. The molecular formula is C13H21N3O2. The Morgan fingerprint density at radius 1 is 1.50 bits per heavy atom. The van der Waals surface area contributed by atoms with Gasteiger partial charge in [-0.2, -0.15) is 0 Å². The largest absolute Gasteiger partial charge is 0.481 e. The van der Waals surface area contributed by atoms with Crippen molar-refractivity contribution in [1.82, 2.24) is 15.6 Å². The number of rotatable bonds is 7. The molecule has 0 radical (unpaired) electrons. The molecule has 0 spiro atoms. The molecule has 5 nitrogen and oxygen atoms in total. The molecule has 0 aliphatic heterocycles. The number of nitrogens with one attached hydrogen (secondary N) is 2. The summed E-state index contributed by atoms with van der Waals surface area (Å²) in [4.78, 5) is 15.5. The average Bonchev–Trinajstić information content (AvgIpc) is 2.36. The van der Waals surface area contributed by atoms with Gasteiger partial charge in [0.1, 0.15) is 0 Å². The highest BCUT2D eigenvalue weighted by atomic mass is 16.5. The van der Waals surface area contributed by atoms with E-state index < -0.39 is 0 Å². The van der Waals surface area contributed by atoms with Crippen molar-refractivity contribution in [3.8, 4) is 5.88 Å². The van der Waals surface area contributed by atoms with Crippen molar-refractivity contribution in [2.75, 3.05) is 20.2 Å². The van der Waals surface area contributed by atoms with Crippen LogP contribution in [0.4, 0.5) is 0 Å². The third-order valence-corrected chi connectivity index (χ3v) is 2.33. The van der Waals surface area contributed by atoms with Crippen LogP contribution in [0.1, 0.15) is 19.4 Å². The van der Waals surface area contributed by atoms with Crippen LogP contribution in [-0.4, -0.2) is 31.1 Å². The molecule has 1 amide bonds. The van der Waals surface area contributed by atoms with Gasteiger partial charge in [-0.1, -0.05) is 13.8 Å². The summed E-state index contributed by atoms with van der Waals surface area (Å²) in [5.74, 6) is 1.07. The minimum absolute atomic E-state index is 0.0183. The minimum atomic E-state index is 0.0183. The highest BCUT2D eigenvalue weighted by Gasteiger charge is 2.02. The summed E-state index contributed by atoms with van der Waals surface area (Å²) < 4.78 is 5.03. The third-order valence-electron chi connectivity index (χ3n) is 2.33. The maximum absolute atomic E-state index is 11.5. The zero-order valence-corrected chi connectivity index (χ0v) is 11.2. The fraction of sp³-hybridized carbons (Fsp3) is 0.538. The Labute approximate surface area is 108 Å². The number of hydrogen-bond acceptors (Lipinski definition) is 4. The molecule has 1 heterocycles. The Hall–Kier alpha value is -1.62. The van der Waals surface area contributed by atoms with Gasteiger partial charge in [-0.3, -0.25) is 4.79 Å². The lowest BCUT2D eigenvalue weighted by Crippen LogP contribution is -2.35. The molecule has 0 aliphatic carbocycles. The van der Waals surface area contributed by atoms with E-state index in [1.807, 2.05) is 12.1 Å². The van der Waals surface area contributed by atoms with E-state index in [0.29, 0.717) is 31.4 Å². The number of methoxy groups -OCH3 is 1. The van der Waals surface area contributed by atoms with E-state index in [-0.39, 0.29) is 5.91 Å². The van der Waals surface area contributed by atoms with Crippen LogP contribution in [0, 0.1) is 5.92 Å². The zero-order valence-electron chi connectivity index (χ0n) is 11.2. The van der Waals surface area contributed by atoms with Crippen molar-refractivity contribution in [1.29, 1.82) is 0 Å². The normalized spacial score (nSPS) is 10.4. The second-order valence-corrected chi connectivity index (χ2v) is 4.51. The molecule has 0 atom stereocenters. The van der Waals surface area contributed by atoms with E-state index in [1.54, 1.807) is 13.3 Å². The van der Waals surface area contributed by atoms with Crippen molar-refractivity contribution in [2.45, 2.75) is 20.4 Å². The summed E-state index contributed by atoms with van der Waals surface area (Å²) in [6.45, 7) is 5.78. The first-order valence-corrected chi connectivity index (χ1v) is 6.08. The Balaban J connectivity index is 2.26. The van der Waals surface area contributed by atoms with Crippen LogP contribution in [0.25, 0.3) is 0 Å². The summed E-state index contributed by atoms with van der Waals surface area (Å²) in [5.41, 5.74) is 1.04. The number of carbonyl (C=O) groups is 1. The standard InChI is InChI=1S/C13H21N3O2/c1-10(2)7-16-12(17)9-14-8-11-4-5-15-13(6-11)18-3/h4-6,10,14H,7-9H2,1-3H3,(H,16,17). The van der Waals surface area contributed by atoms with Gasteiger partial charge in [0.05, 0.1) is 13.7 Å². The second kappa shape index (κ2) is 7.66. The number of hydrogen-bond donors (Lipinski definition) is 2. The fourth-order valence-corrected chi connectivity index (χ4v) is 1.37. The van der Waals surface area contributed by atoms with Gasteiger partial charge in [0, 0.05) is 25.4 Å². The molecular weight excluding hydrogens is 230 g/mol. The van der Waals surface area contributed by atoms with Gasteiger partial charge in [0.15, 0.2) is 0 Å². The summed E-state index contributed by atoms with van der Waals surface area (Å²) >= 11 is 0. The van der Waals surface area contributed by atoms with Gasteiger partial charge in [0.2, 0.25) is 11.8 Å². The summed E-state index contributed by atoms with van der Waals surface area (Å²) in [5, 5.41) is 5.93. The molecule has 5 heteroatoms. The monoisotopic (exact) mass is 251 g/mol. The van der Waals surface area contributed by atoms with Gasteiger partial charge >= 0.3 is 0 Å². The first-order valence-electron chi connectivity index (χ1n) is 6.08. The molecule has 2 N–H and O–H groups in total. The van der Waals surface area contributed by atoms with Gasteiger partial charge in [-0.15, -0.1) is 0 Å². The van der Waals surface area contributed by atoms with Gasteiger partial charge in [-0.25, -0.2) is 4.98 Å². The first-order chi connectivity index (χ1) is 8.61. The van der Waals surface area contributed by atoms with Crippen molar-refractivity contribution in [2.24, 2.45) is 5.92 Å². The van der Waals surface area contributed by atoms with E-state index in [4.69, 9.17) is 4.74 Å². The van der Waals surface area contributed by atoms with Gasteiger partial charge in [-0.05, 0) is 17.5 Å². The minimum Gasteiger partial charge on any atom is -0.481 e. The Morgan fingerprint density at radius 2 is 2.28 bits per heavy atom. The summed E-state index contributed by atoms with van der Waals surface area (Å²) in [6, 6.07) is 3.74. The molecule has 0 fully saturated rings. The van der Waals surface area contributed by atoms with E-state index in [0.717, 1.165) is 5.56 Å². The maximum atomic E-state index is 11.5. The molecule has 1 rings (SSSR count). The summed E-state index contributed by atoms with van der Waals surface area (Å²) in [6.07, 6.45) is 1.69. The molecule has 0 bridgehead atoms. The maximum Gasteiger partial charge on any atom is 0.233 e. The van der Waals surface area contributed by atoms with Crippen molar-refractivity contribution in [3.63, 3.8) is 0 Å². The van der Waals surface area contributed by atoms with Crippen LogP contribution in [0.5, 0.6) is 5.88 Å². The molecule has 0 aromatic carbocycles. The predicted octanol–water partition coefficient (Wildman–Crippen LogP) is 0.952. The molecule has 0 aliphatic rings. The lowest BCUT2D eigenvalue weighted by molar-refractivity contribution is -0.120. The predicted molar refractivity (Wildman–Crippen MR) is 70.3 cm³/mol. The van der Waals surface area contributed by atoms with Crippen LogP contribution in [0.15, 0.2) is 18.3 Å². The molecule has 0 unspecified atom stereocenters. The Morgan fingerprint density at radius 3 is 2.94 bits per heavy atom. The number of amides is 1. The average molecular weight is 251 g/mol. The van der Waals surface area contributed by atoms with Crippen molar-refractivity contribution >= 4 is 5.91 Å². The Kier molecular flexibility index (Phi) is 6.14. The van der Waals surface area contributed by atoms with Crippen LogP contribution >= 0.6 is 0 Å². The van der Waals surface area contributed by atoms with Crippen molar-refractivity contribution < 1.29 is 9.53 Å². The molecule has 1 aromatic heterocycles. The molecule has 100 valence electrons. The van der Waals surface area contributed by atoms with Crippen LogP contribution in [-0.2, 0) is 11.3 Å². The topological polar surface area (TPSA) is 63.2 Å². The second-order valence-electron chi connectivity index (χ2n) is 4.51. The molecule has 0 saturated heterocycles. The number of carbonyl (C=O) groups excluding carboxylic acids is 1. The van der Waals surface area contributed by atoms with E-state index in [2.05, 4.69) is 29.5 Å². The third kappa shape index (κ3) is 5.63. The number of ether oxygens (including phenoxy) is 1. The fourth-order valence-electron chi connectivity index (χ4n) is 1.37. The van der Waals surface area contributed by atoms with Crippen LogP contribution in [0.3, 0.4) is 0 Å². The van der Waals surface area contributed by atoms with E-state index in [1.165, 1.54) is 0 Å². The molecule has 1 aromatic rings. The van der Waals surface area contributed by atoms with Crippen LogP contribution in [0.2, 0.25) is 0 Å². The first kappa shape index (κ1) is 14.4.